The minimum absolute atomic E-state index is 0.0783. The van der Waals surface area contributed by atoms with Crippen LogP contribution in [0.2, 0.25) is 0 Å². The van der Waals surface area contributed by atoms with Crippen molar-refractivity contribution >= 4 is 24.1 Å². The van der Waals surface area contributed by atoms with Gasteiger partial charge in [0.15, 0.2) is 12.6 Å². The Morgan fingerprint density at radius 1 is 1.13 bits per heavy atom. The maximum absolute atomic E-state index is 12.2. The summed E-state index contributed by atoms with van der Waals surface area (Å²) in [5, 5.41) is 27.4. The second-order valence-electron chi connectivity index (χ2n) is 6.61. The maximum Gasteiger partial charge on any atom is 0.281 e. The molecule has 0 unspecified atom stereocenters. The van der Waals surface area contributed by atoms with E-state index in [1.165, 1.54) is 18.3 Å². The smallest absolute Gasteiger partial charge is 0.281 e. The largest absolute Gasteiger partial charge is 0.711 e. The van der Waals surface area contributed by atoms with Crippen LogP contribution in [0.15, 0.2) is 35.0 Å². The van der Waals surface area contributed by atoms with Gasteiger partial charge in [0.05, 0.1) is 24.3 Å². The second kappa shape index (κ2) is 8.28. The molecule has 1 aliphatic rings. The van der Waals surface area contributed by atoms with Gasteiger partial charge in [0.2, 0.25) is 5.82 Å². The first-order valence-electron chi connectivity index (χ1n) is 9.15. The van der Waals surface area contributed by atoms with Crippen molar-refractivity contribution in [2.75, 3.05) is 31.2 Å². The standard InChI is InChI=1S/C19H15N5O7/c25-10-14-7-13(8-16(24(28)29)15(14)11-26)19-20-18(21-31-19)12-1-2-23(27)17(9-12)22-3-5-30-6-4-22/h1-2,7-11H,3-6H2. The number of nitrogens with zero attached hydrogens (tertiary/aromatic N) is 5. The fraction of sp³-hybridized carbons (Fsp3) is 0.211. The molecule has 0 radical (unpaired) electrons. The highest BCUT2D eigenvalue weighted by Crippen LogP contribution is 2.30. The van der Waals surface area contributed by atoms with Crippen LogP contribution in [0, 0.1) is 15.3 Å². The van der Waals surface area contributed by atoms with Gasteiger partial charge in [-0.05, 0) is 12.1 Å². The Morgan fingerprint density at radius 2 is 1.90 bits per heavy atom. The number of benzene rings is 1. The third kappa shape index (κ3) is 3.83. The number of anilines is 1. The molecule has 1 fully saturated rings. The molecule has 158 valence electrons. The molecule has 0 amide bonds. The third-order valence-corrected chi connectivity index (χ3v) is 4.80. The zero-order valence-corrected chi connectivity index (χ0v) is 16.0. The van der Waals surface area contributed by atoms with E-state index in [-0.39, 0.29) is 34.7 Å². The highest BCUT2D eigenvalue weighted by molar-refractivity contribution is 5.96. The number of aromatic nitrogens is 3. The van der Waals surface area contributed by atoms with Gasteiger partial charge in [0.25, 0.3) is 17.4 Å². The molecule has 0 N–H and O–H groups in total. The molecule has 0 bridgehead atoms. The van der Waals surface area contributed by atoms with E-state index in [2.05, 4.69) is 10.1 Å². The van der Waals surface area contributed by atoms with E-state index < -0.39 is 10.6 Å². The molecule has 0 saturated carbocycles. The molecule has 0 atom stereocenters. The van der Waals surface area contributed by atoms with E-state index in [0.29, 0.717) is 44.0 Å². The fourth-order valence-electron chi connectivity index (χ4n) is 3.26. The van der Waals surface area contributed by atoms with Crippen molar-refractivity contribution in [2.24, 2.45) is 0 Å². The highest BCUT2D eigenvalue weighted by atomic mass is 16.6. The molecule has 12 heteroatoms. The lowest BCUT2D eigenvalue weighted by Crippen LogP contribution is -2.44. The Labute approximate surface area is 174 Å². The van der Waals surface area contributed by atoms with E-state index in [4.69, 9.17) is 9.26 Å². The van der Waals surface area contributed by atoms with Crippen molar-refractivity contribution in [1.29, 1.82) is 0 Å². The van der Waals surface area contributed by atoms with Crippen LogP contribution in [0.1, 0.15) is 20.7 Å². The summed E-state index contributed by atoms with van der Waals surface area (Å²) in [7, 11) is 0. The number of hydrogen-bond donors (Lipinski definition) is 0. The molecule has 3 heterocycles. The molecule has 1 aliphatic heterocycles. The van der Waals surface area contributed by atoms with Crippen molar-refractivity contribution in [1.82, 2.24) is 10.1 Å². The Kier molecular flexibility index (Phi) is 5.37. The van der Waals surface area contributed by atoms with Gasteiger partial charge < -0.3 is 14.5 Å². The molecular formula is C19H15N5O7. The van der Waals surface area contributed by atoms with Crippen LogP contribution in [0.3, 0.4) is 0 Å². The van der Waals surface area contributed by atoms with E-state index >= 15 is 0 Å². The molecule has 0 spiro atoms. The van der Waals surface area contributed by atoms with E-state index in [1.54, 1.807) is 6.07 Å². The normalized spacial score (nSPS) is 13.7. The number of morpholine rings is 1. The summed E-state index contributed by atoms with van der Waals surface area (Å²) in [6, 6.07) is 5.47. The van der Waals surface area contributed by atoms with Gasteiger partial charge >= 0.3 is 0 Å². The van der Waals surface area contributed by atoms with Crippen molar-refractivity contribution in [3.05, 3.63) is 56.9 Å². The Balaban J connectivity index is 1.72. The van der Waals surface area contributed by atoms with Crippen LogP contribution in [-0.4, -0.2) is 53.9 Å². The van der Waals surface area contributed by atoms with Gasteiger partial charge in [0.1, 0.15) is 18.7 Å². The zero-order chi connectivity index (χ0) is 22.0. The van der Waals surface area contributed by atoms with Crippen LogP contribution in [0.5, 0.6) is 0 Å². The summed E-state index contributed by atoms with van der Waals surface area (Å²) in [6.45, 7) is 2.13. The number of carbonyl (C=O) groups is 2. The van der Waals surface area contributed by atoms with Crippen LogP contribution < -0.4 is 9.63 Å². The quantitative estimate of drug-likeness (QED) is 0.186. The average Bonchev–Trinajstić information content (AvgIpc) is 3.29. The van der Waals surface area contributed by atoms with Gasteiger partial charge in [0, 0.05) is 28.8 Å². The summed E-state index contributed by atoms with van der Waals surface area (Å²) in [5.74, 6) is 0.478. The van der Waals surface area contributed by atoms with Gasteiger partial charge in [-0.2, -0.15) is 4.98 Å². The monoisotopic (exact) mass is 425 g/mol. The number of carbonyl (C=O) groups excluding carboxylic acids is 2. The van der Waals surface area contributed by atoms with Gasteiger partial charge in [-0.25, -0.2) is 4.73 Å². The van der Waals surface area contributed by atoms with E-state index in [9.17, 15) is 24.9 Å². The van der Waals surface area contributed by atoms with Crippen LogP contribution in [-0.2, 0) is 4.74 Å². The zero-order valence-electron chi connectivity index (χ0n) is 16.0. The lowest BCUT2D eigenvalue weighted by atomic mass is 10.0. The second-order valence-corrected chi connectivity index (χ2v) is 6.61. The molecule has 4 rings (SSSR count). The number of pyridine rings is 1. The number of aldehydes is 2. The van der Waals surface area contributed by atoms with Crippen molar-refractivity contribution in [3.63, 3.8) is 0 Å². The van der Waals surface area contributed by atoms with Crippen LogP contribution in [0.25, 0.3) is 22.8 Å². The Morgan fingerprint density at radius 3 is 2.58 bits per heavy atom. The highest BCUT2D eigenvalue weighted by Gasteiger charge is 2.24. The third-order valence-electron chi connectivity index (χ3n) is 4.80. The van der Waals surface area contributed by atoms with Crippen molar-refractivity contribution in [3.8, 4) is 22.8 Å². The maximum atomic E-state index is 12.2. The van der Waals surface area contributed by atoms with Crippen molar-refractivity contribution in [2.45, 2.75) is 0 Å². The molecular weight excluding hydrogens is 410 g/mol. The SMILES string of the molecule is O=Cc1cc(-c2nc(-c3cc[n+]([O-])c(N4CCOCC4)c3)no2)cc([N+](=O)[O-])c1C=O. The van der Waals surface area contributed by atoms with E-state index in [1.807, 2.05) is 4.90 Å². The number of hydrogen-bond acceptors (Lipinski definition) is 10. The molecule has 1 saturated heterocycles. The van der Waals surface area contributed by atoms with Gasteiger partial charge in [-0.3, -0.25) is 24.6 Å². The predicted octanol–water partition coefficient (Wildman–Crippen LogP) is 1.41. The lowest BCUT2D eigenvalue weighted by Gasteiger charge is -2.24. The summed E-state index contributed by atoms with van der Waals surface area (Å²) in [5.41, 5.74) is -0.432. The molecule has 2 aromatic heterocycles. The van der Waals surface area contributed by atoms with E-state index in [0.717, 1.165) is 10.8 Å². The van der Waals surface area contributed by atoms with Crippen LogP contribution >= 0.6 is 0 Å². The molecule has 1 aromatic carbocycles. The molecule has 31 heavy (non-hydrogen) atoms. The minimum Gasteiger partial charge on any atom is -0.711 e. The summed E-state index contributed by atoms with van der Waals surface area (Å²) in [6.07, 6.45) is 1.92. The fourth-order valence-corrected chi connectivity index (χ4v) is 3.26. The number of ether oxygens (including phenoxy) is 1. The van der Waals surface area contributed by atoms with Gasteiger partial charge in [-0.15, -0.1) is 0 Å². The Hall–Kier alpha value is -4.19. The topological polar surface area (TPSA) is 156 Å². The summed E-state index contributed by atoms with van der Waals surface area (Å²) >= 11 is 0. The first-order valence-corrected chi connectivity index (χ1v) is 9.15. The minimum atomic E-state index is -0.768. The van der Waals surface area contributed by atoms with Crippen molar-refractivity contribution < 1.29 is 28.5 Å². The predicted molar refractivity (Wildman–Crippen MR) is 105 cm³/mol. The number of nitro benzene ring substituents is 1. The first-order chi connectivity index (χ1) is 15.0. The average molecular weight is 425 g/mol. The summed E-state index contributed by atoms with van der Waals surface area (Å²) < 4.78 is 11.3. The molecule has 12 nitrogen and oxygen atoms in total. The first kappa shape index (κ1) is 20.1. The Bertz CT molecular complexity index is 1170. The lowest BCUT2D eigenvalue weighted by molar-refractivity contribution is -0.592. The molecule has 0 aliphatic carbocycles. The number of nitro groups is 1. The molecule has 3 aromatic rings. The summed E-state index contributed by atoms with van der Waals surface area (Å²) in [4.78, 5) is 39.1. The van der Waals surface area contributed by atoms with Gasteiger partial charge in [-0.1, -0.05) is 5.16 Å². The number of rotatable bonds is 6. The van der Waals surface area contributed by atoms with Crippen LogP contribution in [0.4, 0.5) is 11.5 Å².